The van der Waals surface area contributed by atoms with Crippen molar-refractivity contribution in [3.05, 3.63) is 29.1 Å². The Kier molecular flexibility index (Phi) is 2.24. The monoisotopic (exact) mass is 203 g/mol. The summed E-state index contributed by atoms with van der Waals surface area (Å²) in [6.45, 7) is 0.0965. The fourth-order valence-corrected chi connectivity index (χ4v) is 2.82. The molecule has 0 aromatic carbocycles. The molecule has 1 aromatic rings. The van der Waals surface area contributed by atoms with Gasteiger partial charge in [-0.1, -0.05) is 12.8 Å². The van der Waals surface area contributed by atoms with Gasteiger partial charge in [-0.2, -0.15) is 0 Å². The first-order chi connectivity index (χ1) is 7.36. The lowest BCUT2D eigenvalue weighted by atomic mass is 9.99. The van der Waals surface area contributed by atoms with Gasteiger partial charge in [-0.3, -0.25) is 4.98 Å². The molecule has 2 nitrogen and oxygen atoms in total. The van der Waals surface area contributed by atoms with Gasteiger partial charge < -0.3 is 5.11 Å². The Labute approximate surface area is 90.4 Å². The molecule has 1 N–H and O–H groups in total. The molecule has 1 saturated carbocycles. The fraction of sp³-hybridized carbons (Fsp3) is 0.615. The second-order valence-electron chi connectivity index (χ2n) is 5.01. The van der Waals surface area contributed by atoms with Gasteiger partial charge in [-0.25, -0.2) is 0 Å². The van der Waals surface area contributed by atoms with Gasteiger partial charge in [0.1, 0.15) is 0 Å². The Morgan fingerprint density at radius 2 is 2.13 bits per heavy atom. The maximum absolute atomic E-state index is 9.22. The zero-order valence-corrected chi connectivity index (χ0v) is 8.95. The van der Waals surface area contributed by atoms with E-state index in [0.717, 1.165) is 24.0 Å². The summed E-state index contributed by atoms with van der Waals surface area (Å²) in [7, 11) is 0. The van der Waals surface area contributed by atoms with Crippen LogP contribution in [0.3, 0.4) is 0 Å². The molecule has 0 unspecified atom stereocenters. The third-order valence-electron chi connectivity index (χ3n) is 3.76. The van der Waals surface area contributed by atoms with E-state index in [1.165, 1.54) is 36.8 Å². The largest absolute Gasteiger partial charge is 0.390 e. The van der Waals surface area contributed by atoms with Gasteiger partial charge >= 0.3 is 0 Å². The predicted molar refractivity (Wildman–Crippen MR) is 58.4 cm³/mol. The number of aromatic nitrogens is 1. The molecule has 0 amide bonds. The number of fused-ring (bicyclic) bond motifs is 1. The van der Waals surface area contributed by atoms with Crippen LogP contribution in [0.1, 0.15) is 36.1 Å². The molecule has 1 heterocycles. The molecule has 0 radical (unpaired) electrons. The summed E-state index contributed by atoms with van der Waals surface area (Å²) in [5, 5.41) is 9.22. The van der Waals surface area contributed by atoms with Crippen LogP contribution in [0.5, 0.6) is 0 Å². The maximum atomic E-state index is 9.22. The Hall–Kier alpha value is -0.890. The predicted octanol–water partition coefficient (Wildman–Crippen LogP) is 2.09. The second-order valence-corrected chi connectivity index (χ2v) is 5.01. The SMILES string of the molecule is OCc1nccc2c1C[C@H](CC1CC1)C2. The topological polar surface area (TPSA) is 33.1 Å². The lowest BCUT2D eigenvalue weighted by Gasteiger charge is -2.06. The average Bonchev–Trinajstić information content (AvgIpc) is 2.95. The van der Waals surface area contributed by atoms with Crippen molar-refractivity contribution in [2.75, 3.05) is 0 Å². The molecule has 1 aromatic heterocycles. The Bertz CT molecular complexity index is 371. The summed E-state index contributed by atoms with van der Waals surface area (Å²) in [5.41, 5.74) is 3.68. The third-order valence-corrected chi connectivity index (χ3v) is 3.76. The molecule has 3 rings (SSSR count). The van der Waals surface area contributed by atoms with Crippen LogP contribution in [0.15, 0.2) is 12.3 Å². The van der Waals surface area contributed by atoms with E-state index in [0.29, 0.717) is 0 Å². The van der Waals surface area contributed by atoms with E-state index in [1.54, 1.807) is 0 Å². The highest BCUT2D eigenvalue weighted by molar-refractivity contribution is 5.34. The molecule has 15 heavy (non-hydrogen) atoms. The van der Waals surface area contributed by atoms with E-state index >= 15 is 0 Å². The van der Waals surface area contributed by atoms with Crippen LogP contribution in [0.4, 0.5) is 0 Å². The van der Waals surface area contributed by atoms with Gasteiger partial charge in [-0.05, 0) is 48.3 Å². The minimum Gasteiger partial charge on any atom is -0.390 e. The van der Waals surface area contributed by atoms with Crippen molar-refractivity contribution >= 4 is 0 Å². The molecule has 0 bridgehead atoms. The minimum absolute atomic E-state index is 0.0965. The summed E-state index contributed by atoms with van der Waals surface area (Å²) < 4.78 is 0. The highest BCUT2D eigenvalue weighted by atomic mass is 16.3. The smallest absolute Gasteiger partial charge is 0.0855 e. The highest BCUT2D eigenvalue weighted by Crippen LogP contribution is 2.40. The Morgan fingerprint density at radius 1 is 1.27 bits per heavy atom. The van der Waals surface area contributed by atoms with E-state index < -0.39 is 0 Å². The standard InChI is InChI=1S/C13H17NO/c15-8-13-12-7-10(5-9-1-2-9)6-11(12)3-4-14-13/h3-4,9-10,15H,1-2,5-8H2/t10-/m1/s1. The lowest BCUT2D eigenvalue weighted by molar-refractivity contribution is 0.275. The fourth-order valence-electron chi connectivity index (χ4n) is 2.82. The number of hydrogen-bond donors (Lipinski definition) is 1. The Morgan fingerprint density at radius 3 is 2.87 bits per heavy atom. The zero-order chi connectivity index (χ0) is 10.3. The molecule has 2 heteroatoms. The molecule has 80 valence electrons. The molecular formula is C13H17NO. The highest BCUT2D eigenvalue weighted by Gasteiger charge is 2.30. The van der Waals surface area contributed by atoms with Crippen molar-refractivity contribution in [2.45, 2.75) is 38.7 Å². The number of hydrogen-bond acceptors (Lipinski definition) is 2. The van der Waals surface area contributed by atoms with E-state index in [-0.39, 0.29) is 6.61 Å². The molecule has 2 aliphatic rings. The number of pyridine rings is 1. The summed E-state index contributed by atoms with van der Waals surface area (Å²) in [5.74, 6) is 1.83. The normalized spacial score (nSPS) is 24.2. The van der Waals surface area contributed by atoms with Crippen LogP contribution in [0.25, 0.3) is 0 Å². The quantitative estimate of drug-likeness (QED) is 0.816. The van der Waals surface area contributed by atoms with Gasteiger partial charge in [0.2, 0.25) is 0 Å². The first-order valence-corrected chi connectivity index (χ1v) is 5.93. The minimum atomic E-state index is 0.0965. The van der Waals surface area contributed by atoms with Crippen molar-refractivity contribution < 1.29 is 5.11 Å². The van der Waals surface area contributed by atoms with Crippen molar-refractivity contribution in [3.8, 4) is 0 Å². The van der Waals surface area contributed by atoms with Crippen LogP contribution in [-0.2, 0) is 19.4 Å². The summed E-state index contributed by atoms with van der Waals surface area (Å²) in [6, 6.07) is 2.13. The number of rotatable bonds is 3. The Balaban J connectivity index is 1.79. The molecular weight excluding hydrogens is 186 g/mol. The van der Waals surface area contributed by atoms with Crippen LogP contribution < -0.4 is 0 Å². The van der Waals surface area contributed by atoms with Gasteiger partial charge in [0.25, 0.3) is 0 Å². The van der Waals surface area contributed by atoms with E-state index in [2.05, 4.69) is 11.1 Å². The van der Waals surface area contributed by atoms with Crippen LogP contribution in [0.2, 0.25) is 0 Å². The average molecular weight is 203 g/mol. The van der Waals surface area contributed by atoms with Crippen LogP contribution >= 0.6 is 0 Å². The zero-order valence-electron chi connectivity index (χ0n) is 8.95. The summed E-state index contributed by atoms with van der Waals surface area (Å²) in [4.78, 5) is 4.25. The number of nitrogens with zero attached hydrogens (tertiary/aromatic N) is 1. The van der Waals surface area contributed by atoms with E-state index in [9.17, 15) is 5.11 Å². The van der Waals surface area contributed by atoms with Crippen molar-refractivity contribution in [1.29, 1.82) is 0 Å². The lowest BCUT2D eigenvalue weighted by Crippen LogP contribution is -2.01. The second kappa shape index (κ2) is 3.60. The van der Waals surface area contributed by atoms with Crippen molar-refractivity contribution in [1.82, 2.24) is 4.98 Å². The molecule has 2 aliphatic carbocycles. The summed E-state index contributed by atoms with van der Waals surface area (Å²) >= 11 is 0. The van der Waals surface area contributed by atoms with E-state index in [1.807, 2.05) is 6.20 Å². The van der Waals surface area contributed by atoms with Crippen LogP contribution in [0, 0.1) is 11.8 Å². The van der Waals surface area contributed by atoms with Crippen molar-refractivity contribution in [2.24, 2.45) is 11.8 Å². The van der Waals surface area contributed by atoms with Crippen LogP contribution in [-0.4, -0.2) is 10.1 Å². The molecule has 0 spiro atoms. The molecule has 1 atom stereocenters. The molecule has 0 aliphatic heterocycles. The number of aliphatic hydroxyl groups is 1. The van der Waals surface area contributed by atoms with Crippen molar-refractivity contribution in [3.63, 3.8) is 0 Å². The number of aliphatic hydroxyl groups excluding tert-OH is 1. The van der Waals surface area contributed by atoms with Gasteiger partial charge in [0, 0.05) is 6.20 Å². The molecule has 0 saturated heterocycles. The third kappa shape index (κ3) is 1.78. The summed E-state index contributed by atoms with van der Waals surface area (Å²) in [6.07, 6.45) is 8.47. The molecule has 1 fully saturated rings. The first-order valence-electron chi connectivity index (χ1n) is 5.93. The maximum Gasteiger partial charge on any atom is 0.0855 e. The van der Waals surface area contributed by atoms with Gasteiger partial charge in [-0.15, -0.1) is 0 Å². The van der Waals surface area contributed by atoms with E-state index in [4.69, 9.17) is 0 Å². The first kappa shape index (κ1) is 9.34. The van der Waals surface area contributed by atoms with Gasteiger partial charge in [0.05, 0.1) is 12.3 Å². The van der Waals surface area contributed by atoms with Gasteiger partial charge in [0.15, 0.2) is 0 Å².